The highest BCUT2D eigenvalue weighted by atomic mass is 16.5. The second kappa shape index (κ2) is 7.90. The zero-order valence-electron chi connectivity index (χ0n) is 12.0. The molecule has 0 fully saturated rings. The number of carbonyl (C=O) groups excluding carboxylic acids is 1. The second-order valence-electron chi connectivity index (χ2n) is 4.53. The van der Waals surface area contributed by atoms with Crippen LogP contribution in [0.4, 0.5) is 0 Å². The Labute approximate surface area is 124 Å². The van der Waals surface area contributed by atoms with Gasteiger partial charge in [-0.2, -0.15) is 0 Å². The van der Waals surface area contributed by atoms with Gasteiger partial charge in [-0.15, -0.1) is 0 Å². The fourth-order valence-corrected chi connectivity index (χ4v) is 1.79. The van der Waals surface area contributed by atoms with Crippen LogP contribution in [0.25, 0.3) is 6.08 Å². The SMILES string of the molecule is COC(=O)CC=Cc1ccc(OCc2ccccc2)cc1. The van der Waals surface area contributed by atoms with Gasteiger partial charge in [0, 0.05) is 0 Å². The van der Waals surface area contributed by atoms with Gasteiger partial charge < -0.3 is 9.47 Å². The number of ether oxygens (including phenoxy) is 2. The van der Waals surface area contributed by atoms with Gasteiger partial charge in [0.1, 0.15) is 12.4 Å². The third-order valence-corrected chi connectivity index (χ3v) is 2.95. The third kappa shape index (κ3) is 5.15. The summed E-state index contributed by atoms with van der Waals surface area (Å²) >= 11 is 0. The van der Waals surface area contributed by atoms with Crippen LogP contribution in [0.5, 0.6) is 5.75 Å². The van der Waals surface area contributed by atoms with E-state index in [-0.39, 0.29) is 12.4 Å². The van der Waals surface area contributed by atoms with E-state index in [4.69, 9.17) is 4.74 Å². The average Bonchev–Trinajstić information content (AvgIpc) is 2.55. The zero-order chi connectivity index (χ0) is 14.9. The first-order valence-electron chi connectivity index (χ1n) is 6.78. The molecule has 21 heavy (non-hydrogen) atoms. The third-order valence-electron chi connectivity index (χ3n) is 2.95. The van der Waals surface area contributed by atoms with Gasteiger partial charge in [-0.1, -0.05) is 54.6 Å². The molecule has 3 nitrogen and oxygen atoms in total. The number of esters is 1. The van der Waals surface area contributed by atoms with Gasteiger partial charge in [0.05, 0.1) is 13.5 Å². The quantitative estimate of drug-likeness (QED) is 0.755. The van der Waals surface area contributed by atoms with Crippen LogP contribution < -0.4 is 4.74 Å². The largest absolute Gasteiger partial charge is 0.489 e. The van der Waals surface area contributed by atoms with Crippen molar-refractivity contribution < 1.29 is 14.3 Å². The van der Waals surface area contributed by atoms with Gasteiger partial charge in [-0.3, -0.25) is 4.79 Å². The monoisotopic (exact) mass is 282 g/mol. The van der Waals surface area contributed by atoms with Crippen molar-refractivity contribution in [2.75, 3.05) is 7.11 Å². The van der Waals surface area contributed by atoms with E-state index in [1.54, 1.807) is 6.08 Å². The Morgan fingerprint density at radius 1 is 1.05 bits per heavy atom. The predicted octanol–water partition coefficient (Wildman–Crippen LogP) is 3.84. The Hall–Kier alpha value is -2.55. The summed E-state index contributed by atoms with van der Waals surface area (Å²) in [5.41, 5.74) is 2.16. The Morgan fingerprint density at radius 3 is 2.43 bits per heavy atom. The molecule has 0 radical (unpaired) electrons. The van der Waals surface area contributed by atoms with E-state index in [1.165, 1.54) is 7.11 Å². The highest BCUT2D eigenvalue weighted by molar-refractivity contribution is 5.72. The Bertz CT molecular complexity index is 586. The smallest absolute Gasteiger partial charge is 0.309 e. The molecule has 0 saturated heterocycles. The lowest BCUT2D eigenvalue weighted by Gasteiger charge is -2.06. The first-order valence-corrected chi connectivity index (χ1v) is 6.78. The summed E-state index contributed by atoms with van der Waals surface area (Å²) in [7, 11) is 1.38. The van der Waals surface area contributed by atoms with E-state index in [2.05, 4.69) is 4.74 Å². The first-order chi connectivity index (χ1) is 10.3. The molecule has 0 heterocycles. The molecule has 0 spiro atoms. The van der Waals surface area contributed by atoms with Crippen molar-refractivity contribution in [2.45, 2.75) is 13.0 Å². The minimum atomic E-state index is -0.242. The summed E-state index contributed by atoms with van der Waals surface area (Å²) in [5, 5.41) is 0. The second-order valence-corrected chi connectivity index (χ2v) is 4.53. The van der Waals surface area contributed by atoms with Crippen molar-refractivity contribution in [1.82, 2.24) is 0 Å². The lowest BCUT2D eigenvalue weighted by molar-refractivity contribution is -0.139. The molecule has 0 N–H and O–H groups in total. The summed E-state index contributed by atoms with van der Waals surface area (Å²) in [5.74, 6) is 0.582. The van der Waals surface area contributed by atoms with Crippen LogP contribution in [0.2, 0.25) is 0 Å². The summed E-state index contributed by atoms with van der Waals surface area (Å²) < 4.78 is 10.3. The van der Waals surface area contributed by atoms with Crippen LogP contribution in [-0.4, -0.2) is 13.1 Å². The number of hydrogen-bond donors (Lipinski definition) is 0. The van der Waals surface area contributed by atoms with Crippen LogP contribution in [-0.2, 0) is 16.1 Å². The van der Waals surface area contributed by atoms with E-state index in [1.807, 2.05) is 60.7 Å². The molecule has 108 valence electrons. The molecule has 0 amide bonds. The molecule has 0 bridgehead atoms. The summed E-state index contributed by atoms with van der Waals surface area (Å²) in [6.45, 7) is 0.554. The van der Waals surface area contributed by atoms with Crippen molar-refractivity contribution >= 4 is 12.0 Å². The first kappa shape index (κ1) is 14.9. The maximum absolute atomic E-state index is 11.0. The van der Waals surface area contributed by atoms with Gasteiger partial charge in [-0.25, -0.2) is 0 Å². The van der Waals surface area contributed by atoms with Crippen LogP contribution >= 0.6 is 0 Å². The topological polar surface area (TPSA) is 35.5 Å². The molecule has 0 unspecified atom stereocenters. The van der Waals surface area contributed by atoms with E-state index >= 15 is 0 Å². The van der Waals surface area contributed by atoms with Gasteiger partial charge >= 0.3 is 5.97 Å². The molecular formula is C18H18O3. The fraction of sp³-hybridized carbons (Fsp3) is 0.167. The Kier molecular flexibility index (Phi) is 5.59. The number of hydrogen-bond acceptors (Lipinski definition) is 3. The molecule has 0 aliphatic heterocycles. The van der Waals surface area contributed by atoms with Crippen LogP contribution in [0.3, 0.4) is 0 Å². The molecular weight excluding hydrogens is 264 g/mol. The van der Waals surface area contributed by atoms with E-state index in [0.29, 0.717) is 6.61 Å². The van der Waals surface area contributed by atoms with Crippen molar-refractivity contribution in [3.8, 4) is 5.75 Å². The van der Waals surface area contributed by atoms with E-state index in [9.17, 15) is 4.79 Å². The molecule has 2 aromatic carbocycles. The molecule has 0 saturated carbocycles. The zero-order valence-corrected chi connectivity index (χ0v) is 12.0. The van der Waals surface area contributed by atoms with Crippen molar-refractivity contribution in [1.29, 1.82) is 0 Å². The molecule has 3 heteroatoms. The number of benzene rings is 2. The summed E-state index contributed by atoms with van der Waals surface area (Å²) in [6.07, 6.45) is 3.95. The van der Waals surface area contributed by atoms with E-state index in [0.717, 1.165) is 16.9 Å². The van der Waals surface area contributed by atoms with Gasteiger partial charge in [0.25, 0.3) is 0 Å². The molecule has 0 aliphatic rings. The van der Waals surface area contributed by atoms with Crippen LogP contribution in [0, 0.1) is 0 Å². The fourth-order valence-electron chi connectivity index (χ4n) is 1.79. The maximum atomic E-state index is 11.0. The van der Waals surface area contributed by atoms with E-state index < -0.39 is 0 Å². The van der Waals surface area contributed by atoms with Crippen molar-refractivity contribution in [3.63, 3.8) is 0 Å². The number of carbonyl (C=O) groups is 1. The van der Waals surface area contributed by atoms with Gasteiger partial charge in [-0.05, 0) is 23.3 Å². The highest BCUT2D eigenvalue weighted by Crippen LogP contribution is 2.15. The standard InChI is InChI=1S/C18H18O3/c1-20-18(19)9-5-8-15-10-12-17(13-11-15)21-14-16-6-3-2-4-7-16/h2-8,10-13H,9,14H2,1H3. The lowest BCUT2D eigenvalue weighted by Crippen LogP contribution is -1.96. The molecule has 2 rings (SSSR count). The molecule has 2 aromatic rings. The average molecular weight is 282 g/mol. The van der Waals surface area contributed by atoms with Gasteiger partial charge in [0.2, 0.25) is 0 Å². The molecule has 0 aromatic heterocycles. The number of rotatable bonds is 6. The maximum Gasteiger partial charge on any atom is 0.309 e. The Balaban J connectivity index is 1.85. The minimum absolute atomic E-state index is 0.242. The predicted molar refractivity (Wildman–Crippen MR) is 82.9 cm³/mol. The van der Waals surface area contributed by atoms with Crippen molar-refractivity contribution in [2.24, 2.45) is 0 Å². The Morgan fingerprint density at radius 2 is 1.76 bits per heavy atom. The number of methoxy groups -OCH3 is 1. The van der Waals surface area contributed by atoms with Crippen molar-refractivity contribution in [3.05, 3.63) is 71.8 Å². The van der Waals surface area contributed by atoms with Crippen LogP contribution in [0.1, 0.15) is 17.5 Å². The summed E-state index contributed by atoms with van der Waals surface area (Å²) in [4.78, 5) is 11.0. The molecule has 0 aliphatic carbocycles. The minimum Gasteiger partial charge on any atom is -0.489 e. The normalized spacial score (nSPS) is 10.5. The summed E-state index contributed by atoms with van der Waals surface area (Å²) in [6, 6.07) is 17.8. The van der Waals surface area contributed by atoms with Crippen LogP contribution in [0.15, 0.2) is 60.7 Å². The van der Waals surface area contributed by atoms with Gasteiger partial charge in [0.15, 0.2) is 0 Å². The highest BCUT2D eigenvalue weighted by Gasteiger charge is 1.97. The lowest BCUT2D eigenvalue weighted by atomic mass is 10.2. The molecule has 0 atom stereocenters.